The summed E-state index contributed by atoms with van der Waals surface area (Å²) in [6.45, 7) is 1.59. The number of ether oxygens (including phenoxy) is 8. The van der Waals surface area contributed by atoms with Crippen LogP contribution in [0, 0.1) is 0 Å². The van der Waals surface area contributed by atoms with Crippen LogP contribution in [0.4, 0.5) is 0 Å². The smallest absolute Gasteiger partial charge is 0.397 e. The summed E-state index contributed by atoms with van der Waals surface area (Å²) in [6, 6.07) is -0.669. The molecule has 1 unspecified atom stereocenters. The molecule has 4 amide bonds. The summed E-state index contributed by atoms with van der Waals surface area (Å²) in [6.07, 6.45) is -18.1. The van der Waals surface area contributed by atoms with E-state index in [0.717, 1.165) is 40.0 Å². The summed E-state index contributed by atoms with van der Waals surface area (Å²) in [4.78, 5) is 51.1. The van der Waals surface area contributed by atoms with Gasteiger partial charge in [-0.15, -0.1) is 0 Å². The first-order valence-corrected chi connectivity index (χ1v) is 27.0. The highest BCUT2D eigenvalue weighted by Gasteiger charge is 2.56. The number of carbonyl (C=O) groups is 4. The van der Waals surface area contributed by atoms with Crippen molar-refractivity contribution in [3.8, 4) is 5.75 Å². The Hall–Kier alpha value is -4.13. The minimum absolute atomic E-state index is 0.0587. The van der Waals surface area contributed by atoms with E-state index in [9.17, 15) is 78.1 Å². The minimum Gasteiger partial charge on any atom is -0.494 e. The van der Waals surface area contributed by atoms with Crippen molar-refractivity contribution in [3.05, 3.63) is 42.0 Å². The zero-order valence-corrected chi connectivity index (χ0v) is 44.3. The molecule has 4 fully saturated rings. The van der Waals surface area contributed by atoms with Gasteiger partial charge in [0.25, 0.3) is 5.91 Å². The van der Waals surface area contributed by atoms with Gasteiger partial charge in [0.1, 0.15) is 103 Å². The molecule has 0 radical (unpaired) electrons. The highest BCUT2D eigenvalue weighted by Crippen LogP contribution is 2.35. The molecule has 4 heterocycles. The average molecular weight is 1140 g/mol. The Morgan fingerprint density at radius 1 is 0.590 bits per heavy atom. The van der Waals surface area contributed by atoms with E-state index >= 15 is 0 Å². The predicted molar refractivity (Wildman–Crippen MR) is 263 cm³/mol. The summed E-state index contributed by atoms with van der Waals surface area (Å²) in [5, 5.41) is 109. The third-order valence-electron chi connectivity index (χ3n) is 13.2. The Morgan fingerprint density at radius 2 is 1.06 bits per heavy atom. The third-order valence-corrected chi connectivity index (χ3v) is 13.6. The molecule has 4 aliphatic heterocycles. The Kier molecular flexibility index (Phi) is 25.4. The first-order chi connectivity index (χ1) is 37.0. The van der Waals surface area contributed by atoms with Crippen molar-refractivity contribution in [1.82, 2.24) is 21.3 Å². The van der Waals surface area contributed by atoms with Gasteiger partial charge in [0.05, 0.1) is 33.0 Å². The quantitative estimate of drug-likeness (QED) is 0.0225. The zero-order valence-electron chi connectivity index (χ0n) is 43.5. The summed E-state index contributed by atoms with van der Waals surface area (Å²) in [5.74, 6) is -2.85. The number of aliphatic hydroxyl groups excluding tert-OH is 9. The van der Waals surface area contributed by atoms with E-state index in [1.807, 2.05) is 0 Å². The van der Waals surface area contributed by atoms with E-state index in [1.54, 1.807) is 12.1 Å². The molecule has 4 saturated heterocycles. The molecule has 0 saturated carbocycles. The van der Waals surface area contributed by atoms with Gasteiger partial charge in [-0.2, -0.15) is 8.42 Å². The lowest BCUT2D eigenvalue weighted by atomic mass is 9.93. The van der Waals surface area contributed by atoms with Crippen molar-refractivity contribution in [2.24, 2.45) is 0 Å². The zero-order chi connectivity index (χ0) is 57.4. The monoisotopic (exact) mass is 1140 g/mol. The molecule has 0 bridgehead atoms. The number of carbonyl (C=O) groups excluding carboxylic acids is 4. The van der Waals surface area contributed by atoms with Gasteiger partial charge < -0.3 is 105 Å². The van der Waals surface area contributed by atoms with Crippen LogP contribution >= 0.6 is 0 Å². The van der Waals surface area contributed by atoms with Crippen molar-refractivity contribution in [3.63, 3.8) is 0 Å². The van der Waals surface area contributed by atoms with Crippen molar-refractivity contribution >= 4 is 34.0 Å². The molecule has 0 aliphatic carbocycles. The predicted octanol–water partition coefficient (Wildman–Crippen LogP) is -4.37. The molecular weight excluding hydrogens is 1060 g/mol. The number of rotatable bonds is 27. The number of hydrogen-bond acceptors (Lipinski definition) is 24. The Morgan fingerprint density at radius 3 is 1.56 bits per heavy atom. The summed E-state index contributed by atoms with van der Waals surface area (Å²) in [7, 11) is -5.16. The Balaban J connectivity index is 1.34. The summed E-state index contributed by atoms with van der Waals surface area (Å²) >= 11 is 0. The Labute approximate surface area is 450 Å². The maximum Gasteiger partial charge on any atom is 0.397 e. The molecule has 444 valence electrons. The summed E-state index contributed by atoms with van der Waals surface area (Å²) < 4.78 is 83.9. The van der Waals surface area contributed by atoms with Gasteiger partial charge in [-0.05, 0) is 43.9 Å². The standard InChI is InChI=1S/C48H76N4O25S/c1-5-6-7-8-9-10-11-12-13-17-69-27-16-14-15-26(18-27)44(64)52-33-37(60)36(59)28(19-53)72-46(33)75-41-29(20-54)73-47(34(39(41)62)50-24(3)57)76-42-30(21-55)74-48(35(40(42)63)51-25(4)58)77-43-31(22-70-78(66,67)68)71-45(65)32(38(43)61)49-23(2)56/h10-11,14-16,18,28-43,45-48,53-55,59-63,65H,5-9,12-13,17,19-22H2,1-4H3,(H,49,56)(H,50,57)(H,51,58)(H,52,64)(H,66,67,68)/b11-10-/t28-,29-,30-,31-,32-,33-,34-,35-,36-,37-,38-,39-,40-,41-,42-,43-,45?,46+,47+,48+/m1/s1. The number of amides is 4. The van der Waals surface area contributed by atoms with Crippen LogP contribution in [0.3, 0.4) is 0 Å². The fourth-order valence-corrected chi connectivity index (χ4v) is 9.66. The summed E-state index contributed by atoms with van der Waals surface area (Å²) in [5.41, 5.74) is 0.0587. The normalized spacial score (nSPS) is 35.4. The van der Waals surface area contributed by atoms with Gasteiger partial charge in [0, 0.05) is 26.3 Å². The lowest BCUT2D eigenvalue weighted by molar-refractivity contribution is -0.361. The van der Waals surface area contributed by atoms with Crippen molar-refractivity contribution in [1.29, 1.82) is 0 Å². The maximum atomic E-state index is 13.8. The molecule has 0 aromatic heterocycles. The van der Waals surface area contributed by atoms with Gasteiger partial charge in [0.15, 0.2) is 25.2 Å². The fraction of sp³-hybridized carbons (Fsp3) is 0.750. The molecule has 5 rings (SSSR count). The highest BCUT2D eigenvalue weighted by molar-refractivity contribution is 7.80. The van der Waals surface area contributed by atoms with Crippen LogP contribution in [0.15, 0.2) is 36.4 Å². The van der Waals surface area contributed by atoms with E-state index in [4.69, 9.17) is 37.9 Å². The van der Waals surface area contributed by atoms with Gasteiger partial charge >= 0.3 is 10.4 Å². The minimum atomic E-state index is -5.16. The van der Waals surface area contributed by atoms with Crippen molar-refractivity contribution in [2.75, 3.05) is 33.0 Å². The maximum absolute atomic E-state index is 13.8. The lowest BCUT2D eigenvalue weighted by Crippen LogP contribution is -2.71. The molecule has 0 spiro atoms. The number of nitrogens with one attached hydrogen (secondary N) is 4. The third kappa shape index (κ3) is 17.9. The van der Waals surface area contributed by atoms with E-state index < -0.39 is 183 Å². The van der Waals surface area contributed by atoms with Gasteiger partial charge in [-0.1, -0.05) is 44.4 Å². The molecule has 30 heteroatoms. The number of benzene rings is 1. The SMILES string of the molecule is CCCCCC/C=C\CCCOc1cccc(C(=O)N[C@H]2[C@H](O[C@H]3[C@H](O)[C@@H](NC(C)=O)[C@H](O[C@H]4[C@H](O)[C@@H](NC(C)=O)[C@H](O[C@H]5[C@H](O)[C@@H](NC(C)=O)C(O)O[C@@H]5COS(=O)(=O)O)O[C@@H]4CO)O[C@@H]3CO)O[C@H](CO)[C@@H](O)[C@@H]2O)c1. The second-order valence-corrected chi connectivity index (χ2v) is 20.3. The van der Waals surface area contributed by atoms with Crippen LogP contribution < -0.4 is 26.0 Å². The van der Waals surface area contributed by atoms with Crippen LogP contribution in [0.5, 0.6) is 5.75 Å². The highest BCUT2D eigenvalue weighted by atomic mass is 32.3. The second-order valence-electron chi connectivity index (χ2n) is 19.2. The van der Waals surface area contributed by atoms with Crippen LogP contribution in [0.25, 0.3) is 0 Å². The second kappa shape index (κ2) is 30.6. The topological polar surface area (TPSA) is 436 Å². The molecule has 78 heavy (non-hydrogen) atoms. The van der Waals surface area contributed by atoms with E-state index in [0.29, 0.717) is 18.8 Å². The molecule has 29 nitrogen and oxygen atoms in total. The van der Waals surface area contributed by atoms with E-state index in [2.05, 4.69) is 44.5 Å². The average Bonchev–Trinajstić information content (AvgIpc) is 3.47. The number of unbranched alkanes of at least 4 members (excludes halogenated alkanes) is 5. The fourth-order valence-electron chi connectivity index (χ4n) is 9.35. The molecule has 20 atom stereocenters. The van der Waals surface area contributed by atoms with E-state index in [1.165, 1.54) is 31.4 Å². The van der Waals surface area contributed by atoms with Gasteiger partial charge in [0.2, 0.25) is 17.7 Å². The first-order valence-electron chi connectivity index (χ1n) is 25.6. The van der Waals surface area contributed by atoms with Gasteiger partial charge in [-0.25, -0.2) is 4.18 Å². The van der Waals surface area contributed by atoms with Crippen LogP contribution in [-0.2, 0) is 62.1 Å². The Bertz CT molecular complexity index is 2220. The van der Waals surface area contributed by atoms with E-state index in [-0.39, 0.29) is 5.56 Å². The largest absolute Gasteiger partial charge is 0.494 e. The van der Waals surface area contributed by atoms with Crippen LogP contribution in [0.2, 0.25) is 0 Å². The number of allylic oxidation sites excluding steroid dienone is 2. The molecule has 1 aromatic carbocycles. The van der Waals surface area contributed by atoms with Crippen molar-refractivity contribution in [2.45, 2.75) is 195 Å². The number of aliphatic hydroxyl groups is 9. The van der Waals surface area contributed by atoms with Crippen LogP contribution in [-0.4, -0.2) is 238 Å². The lowest BCUT2D eigenvalue weighted by Gasteiger charge is -2.51. The van der Waals surface area contributed by atoms with Crippen molar-refractivity contribution < 1.29 is 120 Å². The molecule has 14 N–H and O–H groups in total. The molecule has 4 aliphatic rings. The molecule has 1 aromatic rings. The first kappa shape index (κ1) is 64.7. The molecular formula is C48H76N4O25S. The van der Waals surface area contributed by atoms with Gasteiger partial charge in [-0.3, -0.25) is 23.7 Å². The van der Waals surface area contributed by atoms with Crippen LogP contribution in [0.1, 0.15) is 83.0 Å². The number of hydrogen-bond donors (Lipinski definition) is 14.